The summed E-state index contributed by atoms with van der Waals surface area (Å²) in [5, 5.41) is 2.84. The molecule has 0 saturated carbocycles. The molecule has 0 unspecified atom stereocenters. The first-order valence-corrected chi connectivity index (χ1v) is 8.18. The third-order valence-electron chi connectivity index (χ3n) is 4.39. The number of nitrogens with one attached hydrogen (secondary N) is 1. The van der Waals surface area contributed by atoms with Gasteiger partial charge in [0.1, 0.15) is 0 Å². The molecular weight excluding hydrogens is 294 g/mol. The monoisotopic (exact) mass is 317 g/mol. The number of likely N-dealkylation sites (tertiary alicyclic amines) is 1. The van der Waals surface area contributed by atoms with Crippen molar-refractivity contribution in [3.05, 3.63) is 24.5 Å². The van der Waals surface area contributed by atoms with Crippen molar-refractivity contribution >= 4 is 17.6 Å². The molecule has 3 amide bonds. The summed E-state index contributed by atoms with van der Waals surface area (Å²) in [6, 6.07) is 3.50. The van der Waals surface area contributed by atoms with Crippen LogP contribution in [0, 0.1) is 0 Å². The number of pyridine rings is 1. The van der Waals surface area contributed by atoms with Crippen molar-refractivity contribution in [1.29, 1.82) is 0 Å². The maximum atomic E-state index is 12.2. The van der Waals surface area contributed by atoms with E-state index in [1.54, 1.807) is 23.4 Å². The van der Waals surface area contributed by atoms with E-state index in [-0.39, 0.29) is 11.9 Å². The molecule has 0 spiro atoms. The number of rotatable bonds is 3. The van der Waals surface area contributed by atoms with Crippen LogP contribution in [0.5, 0.6) is 0 Å². The van der Waals surface area contributed by atoms with Crippen LogP contribution in [0.1, 0.15) is 12.8 Å². The zero-order valence-corrected chi connectivity index (χ0v) is 13.3. The smallest absolute Gasteiger partial charge is 0.321 e. The predicted octanol–water partition coefficient (Wildman–Crippen LogP) is 0.853. The van der Waals surface area contributed by atoms with E-state index in [0.29, 0.717) is 25.3 Å². The lowest BCUT2D eigenvalue weighted by atomic mass is 10.3. The largest absolute Gasteiger partial charge is 0.342 e. The summed E-state index contributed by atoms with van der Waals surface area (Å²) in [4.78, 5) is 34.2. The highest BCUT2D eigenvalue weighted by Crippen LogP contribution is 2.10. The Bertz CT molecular complexity index is 537. The highest BCUT2D eigenvalue weighted by atomic mass is 16.2. The number of amides is 3. The van der Waals surface area contributed by atoms with Crippen LogP contribution < -0.4 is 5.32 Å². The molecule has 0 bridgehead atoms. The molecule has 0 aliphatic carbocycles. The van der Waals surface area contributed by atoms with E-state index in [1.807, 2.05) is 11.0 Å². The fraction of sp³-hybridized carbons (Fsp3) is 0.562. The summed E-state index contributed by atoms with van der Waals surface area (Å²) >= 11 is 0. The van der Waals surface area contributed by atoms with E-state index in [0.717, 1.165) is 39.0 Å². The van der Waals surface area contributed by atoms with Crippen LogP contribution in [0.4, 0.5) is 10.5 Å². The molecule has 2 saturated heterocycles. The molecule has 1 N–H and O–H groups in total. The molecule has 3 heterocycles. The fourth-order valence-corrected chi connectivity index (χ4v) is 3.01. The Morgan fingerprint density at radius 2 is 1.78 bits per heavy atom. The molecule has 2 fully saturated rings. The van der Waals surface area contributed by atoms with E-state index in [4.69, 9.17) is 0 Å². The van der Waals surface area contributed by atoms with Gasteiger partial charge in [-0.05, 0) is 25.0 Å². The highest BCUT2D eigenvalue weighted by molar-refractivity contribution is 5.89. The van der Waals surface area contributed by atoms with Crippen LogP contribution in [0.3, 0.4) is 0 Å². The third-order valence-corrected chi connectivity index (χ3v) is 4.39. The molecule has 0 atom stereocenters. The first kappa shape index (κ1) is 15.7. The topological polar surface area (TPSA) is 68.8 Å². The van der Waals surface area contributed by atoms with Gasteiger partial charge in [0.2, 0.25) is 5.91 Å². The Kier molecular flexibility index (Phi) is 5.07. The van der Waals surface area contributed by atoms with Crippen LogP contribution in [-0.2, 0) is 4.79 Å². The number of nitrogens with zero attached hydrogens (tertiary/aromatic N) is 4. The molecular formula is C16H23N5O2. The molecule has 3 rings (SSSR count). The van der Waals surface area contributed by atoms with Gasteiger partial charge in [-0.3, -0.25) is 14.7 Å². The minimum atomic E-state index is -0.108. The number of urea groups is 1. The van der Waals surface area contributed by atoms with Crippen molar-refractivity contribution in [2.24, 2.45) is 0 Å². The first-order valence-electron chi connectivity index (χ1n) is 8.18. The van der Waals surface area contributed by atoms with Crippen molar-refractivity contribution < 1.29 is 9.59 Å². The lowest BCUT2D eigenvalue weighted by molar-refractivity contribution is -0.131. The van der Waals surface area contributed by atoms with E-state index in [2.05, 4.69) is 15.2 Å². The molecule has 0 aromatic carbocycles. The highest BCUT2D eigenvalue weighted by Gasteiger charge is 2.25. The molecule has 23 heavy (non-hydrogen) atoms. The van der Waals surface area contributed by atoms with Crippen molar-refractivity contribution in [1.82, 2.24) is 19.7 Å². The number of anilines is 1. The van der Waals surface area contributed by atoms with Crippen LogP contribution in [0.15, 0.2) is 24.5 Å². The molecule has 7 heteroatoms. The molecule has 1 aromatic rings. The summed E-state index contributed by atoms with van der Waals surface area (Å²) in [5.41, 5.74) is 0.698. The first-order chi connectivity index (χ1) is 11.2. The van der Waals surface area contributed by atoms with Gasteiger partial charge in [0.25, 0.3) is 0 Å². The van der Waals surface area contributed by atoms with Crippen molar-refractivity contribution in [2.75, 3.05) is 51.1 Å². The normalized spacial score (nSPS) is 19.0. The Morgan fingerprint density at radius 1 is 1.04 bits per heavy atom. The van der Waals surface area contributed by atoms with Gasteiger partial charge >= 0.3 is 6.03 Å². The van der Waals surface area contributed by atoms with Crippen LogP contribution in [0.2, 0.25) is 0 Å². The van der Waals surface area contributed by atoms with Gasteiger partial charge in [-0.15, -0.1) is 0 Å². The third kappa shape index (κ3) is 4.19. The number of aromatic nitrogens is 1. The zero-order valence-electron chi connectivity index (χ0n) is 13.3. The van der Waals surface area contributed by atoms with Gasteiger partial charge in [0, 0.05) is 45.5 Å². The molecule has 2 aliphatic rings. The molecule has 1 aromatic heterocycles. The molecule has 0 radical (unpaired) electrons. The van der Waals surface area contributed by atoms with Crippen molar-refractivity contribution in [3.63, 3.8) is 0 Å². The second kappa shape index (κ2) is 7.41. The van der Waals surface area contributed by atoms with Gasteiger partial charge in [-0.2, -0.15) is 0 Å². The van der Waals surface area contributed by atoms with E-state index >= 15 is 0 Å². The van der Waals surface area contributed by atoms with E-state index in [1.165, 1.54) is 0 Å². The Hall–Kier alpha value is -2.15. The van der Waals surface area contributed by atoms with Gasteiger partial charge in [-0.1, -0.05) is 0 Å². The lowest BCUT2D eigenvalue weighted by Gasteiger charge is -2.34. The summed E-state index contributed by atoms with van der Waals surface area (Å²) in [6.45, 7) is 5.01. The number of piperazine rings is 1. The second-order valence-electron chi connectivity index (χ2n) is 6.02. The average Bonchev–Trinajstić information content (AvgIpc) is 3.11. The predicted molar refractivity (Wildman–Crippen MR) is 87.1 cm³/mol. The van der Waals surface area contributed by atoms with Crippen molar-refractivity contribution in [2.45, 2.75) is 12.8 Å². The minimum Gasteiger partial charge on any atom is -0.342 e. The Morgan fingerprint density at radius 3 is 2.43 bits per heavy atom. The van der Waals surface area contributed by atoms with E-state index in [9.17, 15) is 9.59 Å². The molecule has 2 aliphatic heterocycles. The summed E-state index contributed by atoms with van der Waals surface area (Å²) in [6.07, 6.45) is 5.54. The fourth-order valence-electron chi connectivity index (χ4n) is 3.01. The Labute approximate surface area is 136 Å². The molecule has 124 valence electrons. The summed E-state index contributed by atoms with van der Waals surface area (Å²) in [7, 11) is 0. The zero-order chi connectivity index (χ0) is 16.1. The summed E-state index contributed by atoms with van der Waals surface area (Å²) in [5.74, 6) is 0.218. The lowest BCUT2D eigenvalue weighted by Crippen LogP contribution is -2.52. The SMILES string of the molecule is O=C(CN1CCN(C(=O)Nc2cccnc2)CC1)N1CCCC1. The van der Waals surface area contributed by atoms with Gasteiger partial charge < -0.3 is 15.1 Å². The maximum Gasteiger partial charge on any atom is 0.321 e. The Balaban J connectivity index is 1.42. The van der Waals surface area contributed by atoms with Gasteiger partial charge in [0.05, 0.1) is 18.4 Å². The maximum absolute atomic E-state index is 12.2. The van der Waals surface area contributed by atoms with Crippen molar-refractivity contribution in [3.8, 4) is 0 Å². The average molecular weight is 317 g/mol. The van der Waals surface area contributed by atoms with Gasteiger partial charge in [0.15, 0.2) is 0 Å². The number of carbonyl (C=O) groups is 2. The number of carbonyl (C=O) groups excluding carboxylic acids is 2. The van der Waals surface area contributed by atoms with Crippen LogP contribution >= 0.6 is 0 Å². The van der Waals surface area contributed by atoms with Crippen LogP contribution in [0.25, 0.3) is 0 Å². The van der Waals surface area contributed by atoms with Gasteiger partial charge in [-0.25, -0.2) is 4.79 Å². The second-order valence-corrected chi connectivity index (χ2v) is 6.02. The molecule has 7 nitrogen and oxygen atoms in total. The van der Waals surface area contributed by atoms with E-state index < -0.39 is 0 Å². The van der Waals surface area contributed by atoms with Crippen LogP contribution in [-0.4, -0.2) is 77.4 Å². The standard InChI is InChI=1S/C16H23N5O2/c22-15(20-6-1-2-7-20)13-19-8-10-21(11-9-19)16(23)18-14-4-3-5-17-12-14/h3-5,12H,1-2,6-11,13H2,(H,18,23). The number of hydrogen-bond donors (Lipinski definition) is 1. The minimum absolute atomic E-state index is 0.108. The summed E-state index contributed by atoms with van der Waals surface area (Å²) < 4.78 is 0. The number of hydrogen-bond acceptors (Lipinski definition) is 4. The quantitative estimate of drug-likeness (QED) is 0.897.